The third kappa shape index (κ3) is 2.05. The van der Waals surface area contributed by atoms with Gasteiger partial charge >= 0.3 is 0 Å². The van der Waals surface area contributed by atoms with E-state index >= 15 is 0 Å². The lowest BCUT2D eigenvalue weighted by Crippen LogP contribution is -2.23. The summed E-state index contributed by atoms with van der Waals surface area (Å²) >= 11 is 0. The van der Waals surface area contributed by atoms with Crippen molar-refractivity contribution in [3.8, 4) is 12.1 Å². The minimum Gasteiger partial charge on any atom is -0.545 e. The molecule has 0 bridgehead atoms. The van der Waals surface area contributed by atoms with Gasteiger partial charge in [-0.1, -0.05) is 36.4 Å². The molecule has 0 fully saturated rings. The van der Waals surface area contributed by atoms with Gasteiger partial charge < -0.3 is 19.8 Å². The summed E-state index contributed by atoms with van der Waals surface area (Å²) in [6.45, 7) is 0. The van der Waals surface area contributed by atoms with Crippen molar-refractivity contribution in [2.45, 2.75) is 0 Å². The highest BCUT2D eigenvalue weighted by Gasteiger charge is 2.20. The molecule has 0 atom stereocenters. The van der Waals surface area contributed by atoms with E-state index < -0.39 is 11.9 Å². The molecule has 140 valence electrons. The maximum Gasteiger partial charge on any atom is 0.0998 e. The Kier molecular flexibility index (Phi) is 3.43. The van der Waals surface area contributed by atoms with Crippen LogP contribution in [0.25, 0.3) is 43.1 Å². The molecule has 5 rings (SSSR count). The molecule has 0 N–H and O–H groups in total. The topological polar surface area (TPSA) is 128 Å². The Morgan fingerprint density at radius 3 is 1.20 bits per heavy atom. The summed E-state index contributed by atoms with van der Waals surface area (Å²) in [6.07, 6.45) is 0. The molecule has 0 aliphatic rings. The second-order valence-electron chi connectivity index (χ2n) is 6.94. The van der Waals surface area contributed by atoms with E-state index in [9.17, 15) is 30.3 Å². The molecule has 0 unspecified atom stereocenters. The molecule has 0 aromatic heterocycles. The Morgan fingerprint density at radius 2 is 0.900 bits per heavy atom. The van der Waals surface area contributed by atoms with Crippen molar-refractivity contribution in [3.63, 3.8) is 0 Å². The van der Waals surface area contributed by atoms with E-state index in [4.69, 9.17) is 0 Å². The number of aromatic carboxylic acids is 2. The second kappa shape index (κ2) is 5.91. The number of hydrogen-bond donors (Lipinski definition) is 0. The van der Waals surface area contributed by atoms with Crippen LogP contribution in [-0.4, -0.2) is 11.9 Å². The molecule has 0 heterocycles. The molecule has 0 aliphatic heterocycles. The first-order valence-corrected chi connectivity index (χ1v) is 8.91. The van der Waals surface area contributed by atoms with Gasteiger partial charge in [-0.3, -0.25) is 0 Å². The summed E-state index contributed by atoms with van der Waals surface area (Å²) in [4.78, 5) is 23.4. The zero-order valence-corrected chi connectivity index (χ0v) is 15.1. The van der Waals surface area contributed by atoms with Crippen LogP contribution in [0.15, 0.2) is 48.5 Å². The van der Waals surface area contributed by atoms with Gasteiger partial charge in [-0.25, -0.2) is 0 Å². The van der Waals surface area contributed by atoms with E-state index in [1.807, 2.05) is 12.1 Å². The molecule has 6 nitrogen and oxygen atoms in total. The number of carbonyl (C=O) groups is 2. The van der Waals surface area contributed by atoms with Crippen LogP contribution in [0.2, 0.25) is 0 Å². The van der Waals surface area contributed by atoms with E-state index in [2.05, 4.69) is 0 Å². The average Bonchev–Trinajstić information content (AvgIpc) is 2.75. The molecule has 30 heavy (non-hydrogen) atoms. The second-order valence-corrected chi connectivity index (χ2v) is 6.94. The number of carbonyl (C=O) groups excluding carboxylic acids is 2. The van der Waals surface area contributed by atoms with Gasteiger partial charge in [-0.2, -0.15) is 10.5 Å². The van der Waals surface area contributed by atoms with Crippen molar-refractivity contribution in [2.75, 3.05) is 0 Å². The summed E-state index contributed by atoms with van der Waals surface area (Å²) < 4.78 is 0. The SMILES string of the molecule is N#Cc1ccc2c3ccc(C(=O)[O-])c4c(C#N)ccc(c5ccc(C(=O)[O-])c1c25)c43. The summed E-state index contributed by atoms with van der Waals surface area (Å²) in [7, 11) is 0. The van der Waals surface area contributed by atoms with Gasteiger partial charge in [-0.05, 0) is 44.5 Å². The highest BCUT2D eigenvalue weighted by molar-refractivity contribution is 6.36. The van der Waals surface area contributed by atoms with Crippen molar-refractivity contribution in [1.82, 2.24) is 0 Å². The zero-order chi connectivity index (χ0) is 21.2. The summed E-state index contributed by atoms with van der Waals surface area (Å²) in [5.41, 5.74) is 0.225. The third-order valence-electron chi connectivity index (χ3n) is 5.58. The van der Waals surface area contributed by atoms with Crippen molar-refractivity contribution < 1.29 is 19.8 Å². The summed E-state index contributed by atoms with van der Waals surface area (Å²) in [5.74, 6) is -2.78. The minimum absolute atomic E-state index is 0.0909. The number of fused-ring (bicyclic) bond motifs is 2. The van der Waals surface area contributed by atoms with Crippen LogP contribution < -0.4 is 10.2 Å². The molecular formula is C24H8N2O4-2. The van der Waals surface area contributed by atoms with Crippen molar-refractivity contribution in [2.24, 2.45) is 0 Å². The Bertz CT molecular complexity index is 1520. The van der Waals surface area contributed by atoms with Crippen LogP contribution >= 0.6 is 0 Å². The van der Waals surface area contributed by atoms with Gasteiger partial charge in [0.15, 0.2) is 0 Å². The number of carboxylic acid groups (broad SMARTS) is 2. The maximum atomic E-state index is 11.7. The number of nitriles is 2. The standard InChI is InChI=1S/C24H10N2O4/c25-9-11-1-3-13-15-5-8-18(24(29)30)20-12(10-26)2-4-14(22(15)20)16-6-7-17(23(27)28)19(11)21(13)16/h1-8H,(H,27,28)(H,29,30)/p-2. The first kappa shape index (κ1) is 17.4. The fourth-order valence-electron chi connectivity index (χ4n) is 4.42. The van der Waals surface area contributed by atoms with Gasteiger partial charge in [-0.15, -0.1) is 0 Å². The van der Waals surface area contributed by atoms with Crippen LogP contribution in [0.4, 0.5) is 0 Å². The molecule has 0 aliphatic carbocycles. The maximum absolute atomic E-state index is 11.7. The smallest absolute Gasteiger partial charge is 0.0998 e. The molecule has 0 saturated carbocycles. The van der Waals surface area contributed by atoms with Gasteiger partial charge in [0.05, 0.1) is 35.2 Å². The summed E-state index contributed by atoms with van der Waals surface area (Å²) in [5, 5.41) is 46.9. The van der Waals surface area contributed by atoms with Crippen LogP contribution in [0, 0.1) is 22.7 Å². The number of rotatable bonds is 2. The van der Waals surface area contributed by atoms with Crippen molar-refractivity contribution in [3.05, 3.63) is 70.8 Å². The molecule has 0 spiro atoms. The summed E-state index contributed by atoms with van der Waals surface area (Å²) in [6, 6.07) is 16.6. The lowest BCUT2D eigenvalue weighted by molar-refractivity contribution is -0.255. The predicted octanol–water partition coefficient (Wildman–Crippen LogP) is 2.21. The van der Waals surface area contributed by atoms with Crippen LogP contribution in [0.3, 0.4) is 0 Å². The number of benzene rings is 5. The Hall–Kier alpha value is -4.68. The first-order chi connectivity index (χ1) is 14.5. The van der Waals surface area contributed by atoms with Crippen LogP contribution in [0.1, 0.15) is 31.8 Å². The van der Waals surface area contributed by atoms with Gasteiger partial charge in [0.1, 0.15) is 0 Å². The number of carboxylic acids is 2. The Balaban J connectivity index is 2.19. The quantitative estimate of drug-likeness (QED) is 0.337. The lowest BCUT2D eigenvalue weighted by Gasteiger charge is -2.19. The highest BCUT2D eigenvalue weighted by Crippen LogP contribution is 2.43. The Labute approximate surface area is 168 Å². The monoisotopic (exact) mass is 388 g/mol. The van der Waals surface area contributed by atoms with Gasteiger partial charge in [0.25, 0.3) is 0 Å². The van der Waals surface area contributed by atoms with Gasteiger partial charge in [0.2, 0.25) is 0 Å². The third-order valence-corrected chi connectivity index (χ3v) is 5.58. The van der Waals surface area contributed by atoms with E-state index in [1.165, 1.54) is 24.3 Å². The zero-order valence-electron chi connectivity index (χ0n) is 15.1. The van der Waals surface area contributed by atoms with Gasteiger partial charge in [0, 0.05) is 21.9 Å². The average molecular weight is 388 g/mol. The molecule has 5 aromatic carbocycles. The molecule has 0 saturated heterocycles. The fourth-order valence-corrected chi connectivity index (χ4v) is 4.42. The highest BCUT2D eigenvalue weighted by atomic mass is 16.4. The van der Waals surface area contributed by atoms with E-state index in [0.717, 1.165) is 0 Å². The Morgan fingerprint density at radius 1 is 0.567 bits per heavy atom. The van der Waals surface area contributed by atoms with E-state index in [0.29, 0.717) is 32.3 Å². The molecule has 5 aromatic rings. The van der Waals surface area contributed by atoms with E-state index in [1.54, 1.807) is 24.3 Å². The van der Waals surface area contributed by atoms with Crippen molar-refractivity contribution >= 4 is 55.0 Å². The van der Waals surface area contributed by atoms with Crippen LogP contribution in [-0.2, 0) is 0 Å². The fraction of sp³-hybridized carbons (Fsp3) is 0. The molecule has 6 heteroatoms. The lowest BCUT2D eigenvalue weighted by atomic mass is 9.84. The first-order valence-electron chi connectivity index (χ1n) is 8.91. The van der Waals surface area contributed by atoms with E-state index in [-0.39, 0.29) is 33.0 Å². The minimum atomic E-state index is -1.39. The van der Waals surface area contributed by atoms with Crippen LogP contribution in [0.5, 0.6) is 0 Å². The largest absolute Gasteiger partial charge is 0.545 e. The molecule has 0 radical (unpaired) electrons. The van der Waals surface area contributed by atoms with Crippen molar-refractivity contribution in [1.29, 1.82) is 10.5 Å². The molecule has 0 amide bonds. The number of nitrogens with zero attached hydrogens (tertiary/aromatic N) is 2. The number of hydrogen-bond acceptors (Lipinski definition) is 6. The molecular weight excluding hydrogens is 380 g/mol. The predicted molar refractivity (Wildman–Crippen MR) is 106 cm³/mol. The normalized spacial score (nSPS) is 11.1.